The summed E-state index contributed by atoms with van der Waals surface area (Å²) in [4.78, 5) is 10.5. The molecule has 1 atom stereocenters. The normalized spacial score (nSPS) is 12.1. The van der Waals surface area contributed by atoms with Crippen molar-refractivity contribution in [2.75, 3.05) is 7.11 Å². The van der Waals surface area contributed by atoms with Crippen LogP contribution in [0.1, 0.15) is 31.7 Å². The fourth-order valence-electron chi connectivity index (χ4n) is 1.63. The molecule has 3 heteroatoms. The van der Waals surface area contributed by atoms with Gasteiger partial charge in [-0.15, -0.1) is 0 Å². The van der Waals surface area contributed by atoms with Crippen LogP contribution in [-0.2, 0) is 16.1 Å². The number of aldehydes is 1. The van der Waals surface area contributed by atoms with Crippen LogP contribution in [0.2, 0.25) is 0 Å². The molecule has 0 aromatic heterocycles. The van der Waals surface area contributed by atoms with Crippen molar-refractivity contribution in [3.63, 3.8) is 0 Å². The number of hydrogen-bond donors (Lipinski definition) is 0. The second-order valence-corrected chi connectivity index (χ2v) is 3.97. The van der Waals surface area contributed by atoms with E-state index in [1.54, 1.807) is 7.11 Å². The van der Waals surface area contributed by atoms with Crippen molar-refractivity contribution in [1.82, 2.24) is 0 Å². The molecule has 1 aromatic carbocycles. The second kappa shape index (κ2) is 7.85. The van der Waals surface area contributed by atoms with Crippen LogP contribution in [0.4, 0.5) is 0 Å². The Hall–Kier alpha value is -1.35. The summed E-state index contributed by atoms with van der Waals surface area (Å²) in [5.41, 5.74) is 1.10. The van der Waals surface area contributed by atoms with Crippen LogP contribution in [-0.4, -0.2) is 19.5 Å². The van der Waals surface area contributed by atoms with E-state index in [0.717, 1.165) is 30.4 Å². The highest BCUT2D eigenvalue weighted by molar-refractivity contribution is 5.50. The minimum atomic E-state index is 0.0413. The first-order chi connectivity index (χ1) is 8.30. The third kappa shape index (κ3) is 5.00. The van der Waals surface area contributed by atoms with E-state index in [4.69, 9.17) is 9.47 Å². The molecule has 0 fully saturated rings. The van der Waals surface area contributed by atoms with Gasteiger partial charge in [-0.3, -0.25) is 0 Å². The van der Waals surface area contributed by atoms with Crippen molar-refractivity contribution in [2.24, 2.45) is 0 Å². The summed E-state index contributed by atoms with van der Waals surface area (Å²) in [6.07, 6.45) is 3.40. The third-order valence-electron chi connectivity index (χ3n) is 2.61. The molecule has 0 unspecified atom stereocenters. The number of methoxy groups -OCH3 is 1. The minimum Gasteiger partial charge on any atom is -0.497 e. The van der Waals surface area contributed by atoms with E-state index >= 15 is 0 Å². The molecule has 94 valence electrons. The maximum atomic E-state index is 10.5. The third-order valence-corrected chi connectivity index (χ3v) is 2.61. The van der Waals surface area contributed by atoms with Gasteiger partial charge in [0.15, 0.2) is 0 Å². The van der Waals surface area contributed by atoms with Crippen LogP contribution in [0, 0.1) is 0 Å². The average Bonchev–Trinajstić information content (AvgIpc) is 2.37. The first-order valence-corrected chi connectivity index (χ1v) is 5.98. The Bertz CT molecular complexity index is 319. The van der Waals surface area contributed by atoms with E-state index in [9.17, 15) is 4.79 Å². The van der Waals surface area contributed by atoms with Crippen LogP contribution in [0.25, 0.3) is 0 Å². The van der Waals surface area contributed by atoms with Crippen LogP contribution in [0.5, 0.6) is 5.75 Å². The second-order valence-electron chi connectivity index (χ2n) is 3.97. The lowest BCUT2D eigenvalue weighted by atomic mass is 10.1. The summed E-state index contributed by atoms with van der Waals surface area (Å²) in [5.74, 6) is 0.840. The number of carbonyl (C=O) groups is 1. The van der Waals surface area contributed by atoms with Gasteiger partial charge in [0.05, 0.1) is 19.8 Å². The van der Waals surface area contributed by atoms with Crippen molar-refractivity contribution in [1.29, 1.82) is 0 Å². The number of hydrogen-bond acceptors (Lipinski definition) is 3. The van der Waals surface area contributed by atoms with E-state index in [1.165, 1.54) is 0 Å². The SMILES string of the molecule is CCC[C@H](CC=O)OCc1ccc(OC)cc1. The Labute approximate surface area is 103 Å². The maximum Gasteiger partial charge on any atom is 0.122 e. The van der Waals surface area contributed by atoms with Gasteiger partial charge in [0.2, 0.25) is 0 Å². The number of ether oxygens (including phenoxy) is 2. The fourth-order valence-corrected chi connectivity index (χ4v) is 1.63. The Balaban J connectivity index is 2.43. The predicted molar refractivity (Wildman–Crippen MR) is 67.2 cm³/mol. The van der Waals surface area contributed by atoms with Crippen molar-refractivity contribution < 1.29 is 14.3 Å². The smallest absolute Gasteiger partial charge is 0.122 e. The predicted octanol–water partition coefficient (Wildman–Crippen LogP) is 2.97. The van der Waals surface area contributed by atoms with Gasteiger partial charge in [-0.1, -0.05) is 25.5 Å². The first kappa shape index (κ1) is 13.7. The molecule has 0 aliphatic rings. The molecule has 3 nitrogen and oxygen atoms in total. The molecule has 0 N–H and O–H groups in total. The van der Waals surface area contributed by atoms with Gasteiger partial charge in [0.25, 0.3) is 0 Å². The van der Waals surface area contributed by atoms with E-state index in [2.05, 4.69) is 6.92 Å². The monoisotopic (exact) mass is 236 g/mol. The van der Waals surface area contributed by atoms with Crippen molar-refractivity contribution >= 4 is 6.29 Å². The average molecular weight is 236 g/mol. The number of carbonyl (C=O) groups excluding carboxylic acids is 1. The van der Waals surface area contributed by atoms with Gasteiger partial charge in [-0.25, -0.2) is 0 Å². The quantitative estimate of drug-likeness (QED) is 0.651. The highest BCUT2D eigenvalue weighted by Crippen LogP contribution is 2.14. The summed E-state index contributed by atoms with van der Waals surface area (Å²) < 4.78 is 10.8. The zero-order valence-electron chi connectivity index (χ0n) is 10.5. The molecule has 0 aliphatic heterocycles. The molecule has 0 heterocycles. The topological polar surface area (TPSA) is 35.5 Å². The van der Waals surface area contributed by atoms with E-state index in [0.29, 0.717) is 13.0 Å². The molecule has 0 aliphatic carbocycles. The van der Waals surface area contributed by atoms with Crippen molar-refractivity contribution in [2.45, 2.75) is 38.9 Å². The van der Waals surface area contributed by atoms with Gasteiger partial charge < -0.3 is 14.3 Å². The lowest BCUT2D eigenvalue weighted by Gasteiger charge is -2.14. The fraction of sp³-hybridized carbons (Fsp3) is 0.500. The molecule has 1 aromatic rings. The summed E-state index contributed by atoms with van der Waals surface area (Å²) in [5, 5.41) is 0. The molecule has 0 bridgehead atoms. The Morgan fingerprint density at radius 3 is 2.53 bits per heavy atom. The van der Waals surface area contributed by atoms with Gasteiger partial charge in [-0.2, -0.15) is 0 Å². The van der Waals surface area contributed by atoms with E-state index < -0.39 is 0 Å². The van der Waals surface area contributed by atoms with Gasteiger partial charge in [-0.05, 0) is 24.1 Å². The zero-order valence-corrected chi connectivity index (χ0v) is 10.5. The Morgan fingerprint density at radius 1 is 1.29 bits per heavy atom. The number of rotatable bonds is 8. The standard InChI is InChI=1S/C14H20O3/c1-3-4-14(9-10-15)17-11-12-5-7-13(16-2)8-6-12/h5-8,10,14H,3-4,9,11H2,1-2H3/t14-/m1/s1. The van der Waals surface area contributed by atoms with Crippen molar-refractivity contribution in [3.05, 3.63) is 29.8 Å². The maximum absolute atomic E-state index is 10.5. The first-order valence-electron chi connectivity index (χ1n) is 5.98. The lowest BCUT2D eigenvalue weighted by molar-refractivity contribution is -0.110. The Kier molecular flexibility index (Phi) is 6.33. The molecule has 0 amide bonds. The molecule has 0 saturated carbocycles. The molecule has 1 rings (SSSR count). The van der Waals surface area contributed by atoms with Gasteiger partial charge >= 0.3 is 0 Å². The summed E-state index contributed by atoms with van der Waals surface area (Å²) >= 11 is 0. The lowest BCUT2D eigenvalue weighted by Crippen LogP contribution is -2.13. The Morgan fingerprint density at radius 2 is 2.00 bits per heavy atom. The van der Waals surface area contributed by atoms with E-state index in [-0.39, 0.29) is 6.10 Å². The zero-order chi connectivity index (χ0) is 12.5. The number of benzene rings is 1. The van der Waals surface area contributed by atoms with Crippen LogP contribution >= 0.6 is 0 Å². The highest BCUT2D eigenvalue weighted by Gasteiger charge is 2.07. The summed E-state index contributed by atoms with van der Waals surface area (Å²) in [6, 6.07) is 7.77. The van der Waals surface area contributed by atoms with Crippen LogP contribution < -0.4 is 4.74 Å². The van der Waals surface area contributed by atoms with Gasteiger partial charge in [0.1, 0.15) is 12.0 Å². The molecule has 0 saturated heterocycles. The molecule has 17 heavy (non-hydrogen) atoms. The molecular formula is C14H20O3. The summed E-state index contributed by atoms with van der Waals surface area (Å²) in [7, 11) is 1.65. The van der Waals surface area contributed by atoms with E-state index in [1.807, 2.05) is 24.3 Å². The largest absolute Gasteiger partial charge is 0.497 e. The van der Waals surface area contributed by atoms with Crippen molar-refractivity contribution in [3.8, 4) is 5.75 Å². The molecule has 0 radical (unpaired) electrons. The molecular weight excluding hydrogens is 216 g/mol. The van der Waals surface area contributed by atoms with Gasteiger partial charge in [0, 0.05) is 6.42 Å². The van der Waals surface area contributed by atoms with Crippen LogP contribution in [0.15, 0.2) is 24.3 Å². The minimum absolute atomic E-state index is 0.0413. The summed E-state index contributed by atoms with van der Waals surface area (Å²) in [6.45, 7) is 2.64. The van der Waals surface area contributed by atoms with Crippen LogP contribution in [0.3, 0.4) is 0 Å². The highest BCUT2D eigenvalue weighted by atomic mass is 16.5. The molecule has 0 spiro atoms.